The third kappa shape index (κ3) is 2.24. The van der Waals surface area contributed by atoms with E-state index in [0.29, 0.717) is 11.3 Å². The van der Waals surface area contributed by atoms with Gasteiger partial charge < -0.3 is 14.3 Å². The number of hydrogen-bond acceptors (Lipinski definition) is 3. The first-order valence-electron chi connectivity index (χ1n) is 5.93. The molecule has 0 aliphatic carbocycles. The molecule has 4 nitrogen and oxygen atoms in total. The Kier molecular flexibility index (Phi) is 3.05. The summed E-state index contributed by atoms with van der Waals surface area (Å²) in [5.74, 6) is 0.824. The van der Waals surface area contributed by atoms with E-state index in [-0.39, 0.29) is 0 Å². The van der Waals surface area contributed by atoms with E-state index >= 15 is 0 Å². The number of H-pyrrole nitrogens is 1. The van der Waals surface area contributed by atoms with Crippen LogP contribution in [0.4, 0.5) is 0 Å². The van der Waals surface area contributed by atoms with Gasteiger partial charge in [0.25, 0.3) is 0 Å². The second-order valence-corrected chi connectivity index (χ2v) is 4.64. The minimum atomic E-state index is 0.708. The third-order valence-corrected chi connectivity index (χ3v) is 3.39. The summed E-state index contributed by atoms with van der Waals surface area (Å²) in [5.41, 5.74) is 3.22. The van der Waals surface area contributed by atoms with Crippen LogP contribution in [0, 0.1) is 4.77 Å². The van der Waals surface area contributed by atoms with E-state index in [0.717, 1.165) is 22.3 Å². The molecule has 3 rings (SSSR count). The van der Waals surface area contributed by atoms with Crippen molar-refractivity contribution < 1.29 is 4.74 Å². The van der Waals surface area contributed by atoms with Crippen molar-refractivity contribution in [2.45, 2.75) is 6.54 Å². The highest BCUT2D eigenvalue weighted by Gasteiger charge is 2.06. The number of ether oxygens (including phenoxy) is 1. The number of fused-ring (bicyclic) bond motifs is 1. The highest BCUT2D eigenvalue weighted by molar-refractivity contribution is 7.71. The zero-order chi connectivity index (χ0) is 13.2. The first kappa shape index (κ1) is 11.9. The van der Waals surface area contributed by atoms with E-state index in [9.17, 15) is 0 Å². The Bertz CT molecular complexity index is 761. The number of aromatic amines is 1. The van der Waals surface area contributed by atoms with Crippen LogP contribution in [0.3, 0.4) is 0 Å². The fraction of sp³-hybridized carbons (Fsp3) is 0.143. The summed E-state index contributed by atoms with van der Waals surface area (Å²) in [6.07, 6.45) is 3.57. The molecule has 0 unspecified atom stereocenters. The van der Waals surface area contributed by atoms with Crippen molar-refractivity contribution in [2.75, 3.05) is 7.11 Å². The zero-order valence-corrected chi connectivity index (χ0v) is 11.3. The quantitative estimate of drug-likeness (QED) is 0.744. The van der Waals surface area contributed by atoms with Crippen LogP contribution in [-0.4, -0.2) is 21.6 Å². The van der Waals surface area contributed by atoms with Crippen molar-refractivity contribution in [1.29, 1.82) is 0 Å². The molecule has 0 aliphatic rings. The van der Waals surface area contributed by atoms with E-state index in [4.69, 9.17) is 17.0 Å². The predicted molar refractivity (Wildman–Crippen MR) is 77.0 cm³/mol. The van der Waals surface area contributed by atoms with Gasteiger partial charge in [-0.1, -0.05) is 0 Å². The summed E-state index contributed by atoms with van der Waals surface area (Å²) in [7, 11) is 1.66. The summed E-state index contributed by atoms with van der Waals surface area (Å²) in [4.78, 5) is 7.23. The highest BCUT2D eigenvalue weighted by Crippen LogP contribution is 2.21. The maximum atomic E-state index is 5.38. The van der Waals surface area contributed by atoms with Crippen molar-refractivity contribution >= 4 is 23.3 Å². The standard InChI is InChI=1S/C14H13N3OS/c1-18-11-2-3-12-13(8-11)17(14(19)16-12)9-10-4-6-15-7-5-10/h2-8H,9H2,1H3,(H,16,19). The summed E-state index contributed by atoms with van der Waals surface area (Å²) in [6.45, 7) is 0.717. The Hall–Kier alpha value is -2.14. The Labute approximate surface area is 115 Å². The molecule has 0 bridgehead atoms. The summed E-state index contributed by atoms with van der Waals surface area (Å²) >= 11 is 5.38. The van der Waals surface area contributed by atoms with E-state index < -0.39 is 0 Å². The van der Waals surface area contributed by atoms with Crippen molar-refractivity contribution in [3.8, 4) is 5.75 Å². The van der Waals surface area contributed by atoms with Crippen molar-refractivity contribution in [1.82, 2.24) is 14.5 Å². The molecule has 0 fully saturated rings. The van der Waals surface area contributed by atoms with Crippen LogP contribution in [0.2, 0.25) is 0 Å². The number of rotatable bonds is 3. The van der Waals surface area contributed by atoms with Crippen molar-refractivity contribution in [3.05, 3.63) is 53.1 Å². The molecule has 0 atom stereocenters. The Morgan fingerprint density at radius 3 is 2.79 bits per heavy atom. The van der Waals surface area contributed by atoms with Gasteiger partial charge in [-0.15, -0.1) is 0 Å². The van der Waals surface area contributed by atoms with Gasteiger partial charge in [-0.3, -0.25) is 4.98 Å². The lowest BCUT2D eigenvalue weighted by atomic mass is 10.2. The minimum Gasteiger partial charge on any atom is -0.497 e. The van der Waals surface area contributed by atoms with Crippen LogP contribution in [0.15, 0.2) is 42.7 Å². The number of benzene rings is 1. The molecule has 0 saturated heterocycles. The van der Waals surface area contributed by atoms with Gasteiger partial charge in [0, 0.05) is 18.5 Å². The van der Waals surface area contributed by atoms with E-state index in [1.807, 2.05) is 30.3 Å². The molecule has 0 amide bonds. The van der Waals surface area contributed by atoms with Crippen LogP contribution in [-0.2, 0) is 6.54 Å². The lowest BCUT2D eigenvalue weighted by molar-refractivity contribution is 0.415. The van der Waals surface area contributed by atoms with Gasteiger partial charge in [-0.2, -0.15) is 0 Å². The Morgan fingerprint density at radius 1 is 1.26 bits per heavy atom. The number of aromatic nitrogens is 3. The van der Waals surface area contributed by atoms with Crippen LogP contribution in [0.5, 0.6) is 5.75 Å². The fourth-order valence-corrected chi connectivity index (χ4v) is 2.36. The number of pyridine rings is 1. The normalized spacial score (nSPS) is 10.8. The number of nitrogens with one attached hydrogen (secondary N) is 1. The molecule has 5 heteroatoms. The molecular formula is C14H13N3OS. The fourth-order valence-electron chi connectivity index (χ4n) is 2.09. The molecule has 2 aromatic heterocycles. The summed E-state index contributed by atoms with van der Waals surface area (Å²) in [5, 5.41) is 0. The number of methoxy groups -OCH3 is 1. The molecule has 0 saturated carbocycles. The molecular weight excluding hydrogens is 258 g/mol. The van der Waals surface area contributed by atoms with Gasteiger partial charge >= 0.3 is 0 Å². The van der Waals surface area contributed by atoms with Crippen LogP contribution >= 0.6 is 12.2 Å². The zero-order valence-electron chi connectivity index (χ0n) is 10.5. The highest BCUT2D eigenvalue weighted by atomic mass is 32.1. The summed E-state index contributed by atoms with van der Waals surface area (Å²) in [6, 6.07) is 9.86. The van der Waals surface area contributed by atoms with Crippen LogP contribution in [0.1, 0.15) is 5.56 Å². The van der Waals surface area contributed by atoms with Gasteiger partial charge in [0.05, 0.1) is 24.7 Å². The van der Waals surface area contributed by atoms with Crippen molar-refractivity contribution in [2.24, 2.45) is 0 Å². The topological polar surface area (TPSA) is 42.8 Å². The molecule has 19 heavy (non-hydrogen) atoms. The van der Waals surface area contributed by atoms with Gasteiger partial charge in [0.2, 0.25) is 0 Å². The smallest absolute Gasteiger partial charge is 0.178 e. The monoisotopic (exact) mass is 271 g/mol. The van der Waals surface area contributed by atoms with Gasteiger partial charge in [-0.25, -0.2) is 0 Å². The maximum absolute atomic E-state index is 5.38. The second kappa shape index (κ2) is 4.85. The second-order valence-electron chi connectivity index (χ2n) is 4.25. The predicted octanol–water partition coefficient (Wildman–Crippen LogP) is 3.15. The van der Waals surface area contributed by atoms with Crippen molar-refractivity contribution in [3.63, 3.8) is 0 Å². The molecule has 2 heterocycles. The molecule has 0 spiro atoms. The largest absolute Gasteiger partial charge is 0.497 e. The molecule has 3 aromatic rings. The van der Waals surface area contributed by atoms with E-state index in [1.54, 1.807) is 19.5 Å². The van der Waals surface area contributed by atoms with E-state index in [2.05, 4.69) is 14.5 Å². The Balaban J connectivity index is 2.12. The lowest BCUT2D eigenvalue weighted by Crippen LogP contribution is -1.99. The number of nitrogens with zero attached hydrogens (tertiary/aromatic N) is 2. The average Bonchev–Trinajstić information content (AvgIpc) is 2.76. The third-order valence-electron chi connectivity index (χ3n) is 3.07. The maximum Gasteiger partial charge on any atom is 0.178 e. The molecule has 0 aliphatic heterocycles. The van der Waals surface area contributed by atoms with Gasteiger partial charge in [0.15, 0.2) is 4.77 Å². The average molecular weight is 271 g/mol. The van der Waals surface area contributed by atoms with E-state index in [1.165, 1.54) is 0 Å². The lowest BCUT2D eigenvalue weighted by Gasteiger charge is -2.05. The molecule has 96 valence electrons. The van der Waals surface area contributed by atoms with Gasteiger partial charge in [0.1, 0.15) is 5.75 Å². The van der Waals surface area contributed by atoms with Crippen LogP contribution in [0.25, 0.3) is 11.0 Å². The number of hydrogen-bond donors (Lipinski definition) is 1. The minimum absolute atomic E-state index is 0.708. The molecule has 1 aromatic carbocycles. The molecule has 1 N–H and O–H groups in total. The SMILES string of the molecule is COc1ccc2[nH]c(=S)n(Cc3ccncc3)c2c1. The van der Waals surface area contributed by atoms with Crippen LogP contribution < -0.4 is 4.74 Å². The number of imidazole rings is 1. The Morgan fingerprint density at radius 2 is 2.05 bits per heavy atom. The molecule has 0 radical (unpaired) electrons. The first-order valence-corrected chi connectivity index (χ1v) is 6.34. The first-order chi connectivity index (χ1) is 9.28. The van der Waals surface area contributed by atoms with Gasteiger partial charge in [-0.05, 0) is 42.0 Å². The summed E-state index contributed by atoms with van der Waals surface area (Å²) < 4.78 is 8.03.